The third kappa shape index (κ3) is 4.31. The minimum Gasteiger partial charge on any atom is -0.481 e. The maximum absolute atomic E-state index is 13.1. The molecule has 0 bridgehead atoms. The predicted molar refractivity (Wildman–Crippen MR) is 97.2 cm³/mol. The van der Waals surface area contributed by atoms with Gasteiger partial charge in [0.15, 0.2) is 6.10 Å². The summed E-state index contributed by atoms with van der Waals surface area (Å²) >= 11 is 0. The van der Waals surface area contributed by atoms with E-state index in [1.165, 1.54) is 24.6 Å². The van der Waals surface area contributed by atoms with Gasteiger partial charge in [0.1, 0.15) is 11.3 Å². The first kappa shape index (κ1) is 20.2. The lowest BCUT2D eigenvalue weighted by Gasteiger charge is -2.32. The Morgan fingerprint density at radius 3 is 2.54 bits per heavy atom. The summed E-state index contributed by atoms with van der Waals surface area (Å²) < 4.78 is 49.9. The molecule has 8 heteroatoms. The maximum atomic E-state index is 13.1. The Morgan fingerprint density at radius 2 is 1.89 bits per heavy atom. The number of rotatable bonds is 4. The molecule has 28 heavy (non-hydrogen) atoms. The molecule has 0 saturated heterocycles. The van der Waals surface area contributed by atoms with Gasteiger partial charge >= 0.3 is 11.8 Å². The second kappa shape index (κ2) is 7.85. The first-order chi connectivity index (χ1) is 13.2. The summed E-state index contributed by atoms with van der Waals surface area (Å²) in [5.74, 6) is -0.0367. The van der Waals surface area contributed by atoms with Gasteiger partial charge in [-0.1, -0.05) is 19.3 Å². The normalized spacial score (nSPS) is 16.8. The molecule has 0 unspecified atom stereocenters. The number of carbonyl (C=O) groups excluding carboxylic acids is 1. The van der Waals surface area contributed by atoms with E-state index in [9.17, 15) is 22.8 Å². The number of benzene rings is 1. The van der Waals surface area contributed by atoms with Crippen LogP contribution in [0.4, 0.5) is 13.2 Å². The highest BCUT2D eigenvalue weighted by Crippen LogP contribution is 2.35. The summed E-state index contributed by atoms with van der Waals surface area (Å²) in [6.45, 7) is 1.59. The van der Waals surface area contributed by atoms with Gasteiger partial charge in [-0.2, -0.15) is 13.2 Å². The molecule has 0 N–H and O–H groups in total. The van der Waals surface area contributed by atoms with Gasteiger partial charge in [-0.05, 0) is 31.9 Å². The Balaban J connectivity index is 1.80. The van der Waals surface area contributed by atoms with Crippen molar-refractivity contribution >= 4 is 16.9 Å². The number of ether oxygens (including phenoxy) is 1. The van der Waals surface area contributed by atoms with Crippen molar-refractivity contribution in [3.05, 3.63) is 40.2 Å². The van der Waals surface area contributed by atoms with Crippen molar-refractivity contribution in [3.63, 3.8) is 0 Å². The lowest BCUT2D eigenvalue weighted by atomic mass is 9.94. The summed E-state index contributed by atoms with van der Waals surface area (Å²) in [4.78, 5) is 25.8. The molecule has 1 aliphatic carbocycles. The van der Waals surface area contributed by atoms with E-state index in [-0.39, 0.29) is 28.7 Å². The highest BCUT2D eigenvalue weighted by Gasteiger charge is 2.34. The van der Waals surface area contributed by atoms with Crippen molar-refractivity contribution in [3.8, 4) is 5.75 Å². The maximum Gasteiger partial charge on any atom is 0.417 e. The number of hydrogen-bond acceptors (Lipinski definition) is 4. The molecule has 2 aromatic rings. The fourth-order valence-electron chi connectivity index (χ4n) is 3.64. The van der Waals surface area contributed by atoms with E-state index in [2.05, 4.69) is 0 Å². The molecular formula is C20H22F3NO4. The summed E-state index contributed by atoms with van der Waals surface area (Å²) in [5, 5.41) is -0.238. The average molecular weight is 397 g/mol. The topological polar surface area (TPSA) is 59.8 Å². The first-order valence-electron chi connectivity index (χ1n) is 9.25. The van der Waals surface area contributed by atoms with Crippen molar-refractivity contribution in [2.75, 3.05) is 7.05 Å². The smallest absolute Gasteiger partial charge is 0.417 e. The van der Waals surface area contributed by atoms with Crippen molar-refractivity contribution < 1.29 is 27.1 Å². The molecule has 1 aromatic heterocycles. The van der Waals surface area contributed by atoms with Gasteiger partial charge < -0.3 is 14.1 Å². The zero-order valence-corrected chi connectivity index (χ0v) is 15.7. The Kier molecular flexibility index (Phi) is 5.67. The quantitative estimate of drug-likeness (QED) is 0.719. The van der Waals surface area contributed by atoms with Crippen LogP contribution in [0.1, 0.15) is 44.6 Å². The van der Waals surface area contributed by atoms with Crippen LogP contribution in [0.5, 0.6) is 5.75 Å². The predicted octanol–water partition coefficient (Wildman–Crippen LogP) is 4.37. The van der Waals surface area contributed by atoms with E-state index in [0.717, 1.165) is 25.7 Å². The number of fused-ring (bicyclic) bond motifs is 1. The van der Waals surface area contributed by atoms with Gasteiger partial charge in [0.05, 0.1) is 5.56 Å². The van der Waals surface area contributed by atoms with E-state index in [1.807, 2.05) is 0 Å². The van der Waals surface area contributed by atoms with Crippen molar-refractivity contribution in [2.45, 2.75) is 57.3 Å². The Labute approximate surface area is 160 Å². The van der Waals surface area contributed by atoms with Crippen molar-refractivity contribution in [1.29, 1.82) is 0 Å². The molecule has 5 nitrogen and oxygen atoms in total. The van der Waals surface area contributed by atoms with Gasteiger partial charge in [-0.3, -0.25) is 4.79 Å². The number of halogens is 3. The number of alkyl halides is 3. The number of amides is 1. The minimum absolute atomic E-state index is 0.160. The molecule has 1 saturated carbocycles. The molecule has 1 heterocycles. The van der Waals surface area contributed by atoms with Crippen LogP contribution in [-0.4, -0.2) is 30.0 Å². The summed E-state index contributed by atoms with van der Waals surface area (Å²) in [5.41, 5.74) is -2.40. The number of likely N-dealkylation sites (N-methyl/N-ethyl adjacent to an activating group) is 1. The Hall–Kier alpha value is -2.51. The average Bonchev–Trinajstić information content (AvgIpc) is 2.65. The highest BCUT2D eigenvalue weighted by atomic mass is 19.4. The van der Waals surface area contributed by atoms with Crippen LogP contribution in [-0.2, 0) is 11.0 Å². The first-order valence-corrected chi connectivity index (χ1v) is 9.25. The fourth-order valence-corrected chi connectivity index (χ4v) is 3.64. The third-order valence-electron chi connectivity index (χ3n) is 5.15. The van der Waals surface area contributed by atoms with Crippen LogP contribution in [0.25, 0.3) is 11.0 Å². The monoisotopic (exact) mass is 397 g/mol. The van der Waals surface area contributed by atoms with Gasteiger partial charge in [-0.25, -0.2) is 4.79 Å². The van der Waals surface area contributed by atoms with Gasteiger partial charge in [0, 0.05) is 30.6 Å². The molecule has 0 spiro atoms. The lowest BCUT2D eigenvalue weighted by Crippen LogP contribution is -2.44. The van der Waals surface area contributed by atoms with E-state index < -0.39 is 23.5 Å². The van der Waals surface area contributed by atoms with Crippen molar-refractivity contribution in [1.82, 2.24) is 4.90 Å². The standard InChI is InChI=1S/C20H22F3NO4/c1-12(19(26)24(2)13-6-4-3-5-7-13)27-14-8-9-15-16(20(21,22)23)11-18(25)28-17(15)10-14/h8-13H,3-7H2,1-2H3/t12-/m1/s1. The van der Waals surface area contributed by atoms with Crippen LogP contribution >= 0.6 is 0 Å². The fraction of sp³-hybridized carbons (Fsp3) is 0.500. The van der Waals surface area contributed by atoms with Gasteiger partial charge in [0.2, 0.25) is 0 Å². The zero-order chi connectivity index (χ0) is 20.5. The molecule has 0 radical (unpaired) electrons. The van der Waals surface area contributed by atoms with Crippen LogP contribution in [0.2, 0.25) is 0 Å². The van der Waals surface area contributed by atoms with E-state index in [4.69, 9.17) is 9.15 Å². The Bertz CT molecular complexity index is 916. The van der Waals surface area contributed by atoms with Crippen LogP contribution in [0.3, 0.4) is 0 Å². The number of carbonyl (C=O) groups is 1. The molecule has 0 aliphatic heterocycles. The summed E-state index contributed by atoms with van der Waals surface area (Å²) in [6, 6.07) is 4.32. The number of hydrogen-bond donors (Lipinski definition) is 0. The van der Waals surface area contributed by atoms with Gasteiger partial charge in [-0.15, -0.1) is 0 Å². The second-order valence-electron chi connectivity index (χ2n) is 7.14. The highest BCUT2D eigenvalue weighted by molar-refractivity contribution is 5.83. The van der Waals surface area contributed by atoms with Crippen LogP contribution < -0.4 is 10.4 Å². The molecule has 152 valence electrons. The summed E-state index contributed by atoms with van der Waals surface area (Å²) in [7, 11) is 1.74. The summed E-state index contributed by atoms with van der Waals surface area (Å²) in [6.07, 6.45) is -0.241. The molecule has 1 aromatic carbocycles. The second-order valence-corrected chi connectivity index (χ2v) is 7.14. The van der Waals surface area contributed by atoms with E-state index in [0.29, 0.717) is 6.07 Å². The molecule has 3 rings (SSSR count). The van der Waals surface area contributed by atoms with Crippen molar-refractivity contribution in [2.24, 2.45) is 0 Å². The van der Waals surface area contributed by atoms with E-state index >= 15 is 0 Å². The largest absolute Gasteiger partial charge is 0.481 e. The lowest BCUT2D eigenvalue weighted by molar-refractivity contribution is -0.139. The molecule has 1 amide bonds. The molecule has 1 fully saturated rings. The SMILES string of the molecule is C[C@@H](Oc1ccc2c(C(F)(F)F)cc(=O)oc2c1)C(=O)N(C)C1CCCCC1. The molecule has 1 aliphatic rings. The Morgan fingerprint density at radius 1 is 1.21 bits per heavy atom. The molecular weight excluding hydrogens is 375 g/mol. The van der Waals surface area contributed by atoms with E-state index in [1.54, 1.807) is 18.9 Å². The minimum atomic E-state index is -4.68. The van der Waals surface area contributed by atoms with Gasteiger partial charge in [0.25, 0.3) is 5.91 Å². The zero-order valence-electron chi connectivity index (χ0n) is 15.7. The third-order valence-corrected chi connectivity index (χ3v) is 5.15. The van der Waals surface area contributed by atoms with Crippen LogP contribution in [0.15, 0.2) is 33.5 Å². The van der Waals surface area contributed by atoms with Crippen LogP contribution in [0, 0.1) is 0 Å². The number of nitrogens with zero attached hydrogens (tertiary/aromatic N) is 1. The molecule has 1 atom stereocenters.